The molecule has 0 spiro atoms. The summed E-state index contributed by atoms with van der Waals surface area (Å²) in [6, 6.07) is 3.36. The molecule has 0 aliphatic carbocycles. The lowest BCUT2D eigenvalue weighted by Crippen LogP contribution is -2.39. The van der Waals surface area contributed by atoms with Gasteiger partial charge in [0.25, 0.3) is 5.91 Å². The van der Waals surface area contributed by atoms with Crippen molar-refractivity contribution >= 4 is 23.1 Å². The number of ether oxygens (including phenoxy) is 1. The second-order valence-corrected chi connectivity index (χ2v) is 7.66. The molecule has 2 aromatic heterocycles. The SMILES string of the molecule is CC(C)(C)c1csc([C@@H]2CN(c3ccc(C(N)=O)nn3)CCO2)n1. The van der Waals surface area contributed by atoms with E-state index in [4.69, 9.17) is 15.5 Å². The number of hydrogen-bond acceptors (Lipinski definition) is 7. The van der Waals surface area contributed by atoms with Crippen molar-refractivity contribution < 1.29 is 9.53 Å². The first-order chi connectivity index (χ1) is 11.3. The summed E-state index contributed by atoms with van der Waals surface area (Å²) in [6.45, 7) is 8.41. The van der Waals surface area contributed by atoms with E-state index in [1.807, 2.05) is 0 Å². The number of nitrogens with zero attached hydrogens (tertiary/aromatic N) is 4. The number of thiazole rings is 1. The Bertz CT molecular complexity index is 723. The molecular formula is C16H21N5O2S. The standard InChI is InChI=1S/C16H21N5O2S/c1-16(2,3)12-9-24-15(18-12)11-8-21(6-7-23-11)13-5-4-10(14(17)22)19-20-13/h4-5,9,11H,6-8H2,1-3H3,(H2,17,22)/t11-/m0/s1. The van der Waals surface area contributed by atoms with Crippen molar-refractivity contribution in [3.63, 3.8) is 0 Å². The van der Waals surface area contributed by atoms with Crippen LogP contribution in [-0.4, -0.2) is 40.8 Å². The number of morpholine rings is 1. The minimum Gasteiger partial charge on any atom is -0.367 e. The van der Waals surface area contributed by atoms with E-state index >= 15 is 0 Å². The first-order valence-corrected chi connectivity index (χ1v) is 8.68. The maximum atomic E-state index is 11.1. The quantitative estimate of drug-likeness (QED) is 0.911. The molecule has 3 rings (SSSR count). The molecule has 128 valence electrons. The van der Waals surface area contributed by atoms with Crippen molar-refractivity contribution in [1.29, 1.82) is 0 Å². The Kier molecular flexibility index (Phi) is 4.51. The third kappa shape index (κ3) is 3.54. The van der Waals surface area contributed by atoms with Crippen LogP contribution < -0.4 is 10.6 Å². The van der Waals surface area contributed by atoms with E-state index < -0.39 is 5.91 Å². The van der Waals surface area contributed by atoms with Crippen LogP contribution in [0.5, 0.6) is 0 Å². The zero-order chi connectivity index (χ0) is 17.3. The number of carbonyl (C=O) groups excluding carboxylic acids is 1. The predicted molar refractivity (Wildman–Crippen MR) is 92.3 cm³/mol. The van der Waals surface area contributed by atoms with E-state index in [9.17, 15) is 4.79 Å². The van der Waals surface area contributed by atoms with E-state index in [-0.39, 0.29) is 17.2 Å². The molecule has 24 heavy (non-hydrogen) atoms. The molecule has 2 N–H and O–H groups in total. The molecule has 1 aliphatic rings. The fourth-order valence-electron chi connectivity index (χ4n) is 2.41. The van der Waals surface area contributed by atoms with Crippen LogP contribution in [-0.2, 0) is 10.2 Å². The lowest BCUT2D eigenvalue weighted by atomic mass is 9.93. The minimum atomic E-state index is -0.577. The van der Waals surface area contributed by atoms with Gasteiger partial charge in [-0.15, -0.1) is 21.5 Å². The van der Waals surface area contributed by atoms with Gasteiger partial charge < -0.3 is 15.4 Å². The second-order valence-electron chi connectivity index (χ2n) is 6.77. The van der Waals surface area contributed by atoms with Crippen LogP contribution in [0, 0.1) is 0 Å². The van der Waals surface area contributed by atoms with Crippen LogP contribution in [0.2, 0.25) is 0 Å². The molecular weight excluding hydrogens is 326 g/mol. The van der Waals surface area contributed by atoms with Crippen LogP contribution >= 0.6 is 11.3 Å². The van der Waals surface area contributed by atoms with Gasteiger partial charge >= 0.3 is 0 Å². The number of anilines is 1. The topological polar surface area (TPSA) is 94.2 Å². The van der Waals surface area contributed by atoms with Gasteiger partial charge in [-0.25, -0.2) is 4.98 Å². The Balaban J connectivity index is 1.74. The van der Waals surface area contributed by atoms with Gasteiger partial charge in [-0.2, -0.15) is 0 Å². The van der Waals surface area contributed by atoms with E-state index in [1.165, 1.54) is 0 Å². The number of rotatable bonds is 3. The molecule has 0 saturated carbocycles. The largest absolute Gasteiger partial charge is 0.367 e. The number of carbonyl (C=O) groups is 1. The van der Waals surface area contributed by atoms with Gasteiger partial charge in [-0.3, -0.25) is 4.79 Å². The van der Waals surface area contributed by atoms with E-state index in [0.717, 1.165) is 17.2 Å². The van der Waals surface area contributed by atoms with Gasteiger partial charge in [0, 0.05) is 17.3 Å². The third-order valence-electron chi connectivity index (χ3n) is 3.86. The molecule has 1 atom stereocenters. The summed E-state index contributed by atoms with van der Waals surface area (Å²) in [5, 5.41) is 11.0. The fraction of sp³-hybridized carbons (Fsp3) is 0.500. The highest BCUT2D eigenvalue weighted by molar-refractivity contribution is 7.09. The number of amides is 1. The molecule has 2 aromatic rings. The molecule has 0 bridgehead atoms. The van der Waals surface area contributed by atoms with Crippen molar-refractivity contribution in [3.05, 3.63) is 33.9 Å². The normalized spacial score (nSPS) is 18.6. The van der Waals surface area contributed by atoms with Gasteiger partial charge in [0.2, 0.25) is 0 Å². The molecule has 0 radical (unpaired) electrons. The van der Waals surface area contributed by atoms with Crippen molar-refractivity contribution in [2.24, 2.45) is 5.73 Å². The summed E-state index contributed by atoms with van der Waals surface area (Å²) >= 11 is 1.63. The Labute approximate surface area is 144 Å². The van der Waals surface area contributed by atoms with Crippen LogP contribution in [0.4, 0.5) is 5.82 Å². The Morgan fingerprint density at radius 2 is 2.17 bits per heavy atom. The first kappa shape index (κ1) is 16.8. The highest BCUT2D eigenvalue weighted by Crippen LogP contribution is 2.31. The summed E-state index contributed by atoms with van der Waals surface area (Å²) in [5.41, 5.74) is 6.47. The number of nitrogens with two attached hydrogens (primary N) is 1. The number of primary amides is 1. The molecule has 0 unspecified atom stereocenters. The molecule has 1 saturated heterocycles. The summed E-state index contributed by atoms with van der Waals surface area (Å²) in [4.78, 5) is 17.9. The van der Waals surface area contributed by atoms with Gasteiger partial charge in [-0.1, -0.05) is 20.8 Å². The van der Waals surface area contributed by atoms with E-state index in [0.29, 0.717) is 19.0 Å². The van der Waals surface area contributed by atoms with Gasteiger partial charge in [0.1, 0.15) is 11.1 Å². The second kappa shape index (κ2) is 6.45. The molecule has 8 heteroatoms. The molecule has 0 aromatic carbocycles. The smallest absolute Gasteiger partial charge is 0.269 e. The van der Waals surface area contributed by atoms with Crippen LogP contribution in [0.1, 0.15) is 48.1 Å². The van der Waals surface area contributed by atoms with Crippen LogP contribution in [0.25, 0.3) is 0 Å². The van der Waals surface area contributed by atoms with Gasteiger partial charge in [-0.05, 0) is 12.1 Å². The van der Waals surface area contributed by atoms with Crippen LogP contribution in [0.15, 0.2) is 17.5 Å². The summed E-state index contributed by atoms with van der Waals surface area (Å²) < 4.78 is 5.89. The van der Waals surface area contributed by atoms with E-state index in [1.54, 1.807) is 23.5 Å². The summed E-state index contributed by atoms with van der Waals surface area (Å²) in [7, 11) is 0. The van der Waals surface area contributed by atoms with E-state index in [2.05, 4.69) is 41.2 Å². The van der Waals surface area contributed by atoms with Crippen molar-refractivity contribution in [2.45, 2.75) is 32.3 Å². The molecule has 3 heterocycles. The fourth-order valence-corrected chi connectivity index (χ4v) is 3.50. The lowest BCUT2D eigenvalue weighted by Gasteiger charge is -2.32. The minimum absolute atomic E-state index is 0.0270. The zero-order valence-corrected chi connectivity index (χ0v) is 14.8. The summed E-state index contributed by atoms with van der Waals surface area (Å²) in [6.07, 6.45) is -0.0857. The highest BCUT2D eigenvalue weighted by atomic mass is 32.1. The number of hydrogen-bond donors (Lipinski definition) is 1. The third-order valence-corrected chi connectivity index (χ3v) is 4.80. The first-order valence-electron chi connectivity index (χ1n) is 7.80. The van der Waals surface area contributed by atoms with Crippen molar-refractivity contribution in [2.75, 3.05) is 24.6 Å². The Hall–Kier alpha value is -2.06. The molecule has 1 aliphatic heterocycles. The Morgan fingerprint density at radius 3 is 2.75 bits per heavy atom. The van der Waals surface area contributed by atoms with Crippen molar-refractivity contribution in [3.8, 4) is 0 Å². The maximum Gasteiger partial charge on any atom is 0.269 e. The highest BCUT2D eigenvalue weighted by Gasteiger charge is 2.27. The lowest BCUT2D eigenvalue weighted by molar-refractivity contribution is 0.0391. The molecule has 7 nitrogen and oxygen atoms in total. The number of aromatic nitrogens is 3. The molecule has 1 fully saturated rings. The average molecular weight is 347 g/mol. The van der Waals surface area contributed by atoms with Crippen LogP contribution in [0.3, 0.4) is 0 Å². The average Bonchev–Trinajstić information content (AvgIpc) is 3.05. The maximum absolute atomic E-state index is 11.1. The van der Waals surface area contributed by atoms with Crippen molar-refractivity contribution in [1.82, 2.24) is 15.2 Å². The van der Waals surface area contributed by atoms with Gasteiger partial charge in [0.15, 0.2) is 11.5 Å². The Morgan fingerprint density at radius 1 is 1.38 bits per heavy atom. The van der Waals surface area contributed by atoms with Gasteiger partial charge in [0.05, 0.1) is 18.8 Å². The monoisotopic (exact) mass is 347 g/mol. The zero-order valence-electron chi connectivity index (χ0n) is 14.0. The molecule has 1 amide bonds. The summed E-state index contributed by atoms with van der Waals surface area (Å²) in [5.74, 6) is 0.132. The predicted octanol–water partition coefficient (Wildman–Crippen LogP) is 1.91.